The van der Waals surface area contributed by atoms with Crippen LogP contribution in [-0.4, -0.2) is 54.9 Å². The molecule has 0 aromatic carbocycles. The standard InChI is InChI=1S/C12H18F3NO4/c1-10(2,12(13,14)15)20-9(17)16-5-3-11(4-6-16)18-7-8-19-11/h3-8H2,1-2H3. The van der Waals surface area contributed by atoms with Crippen LogP contribution in [0, 0.1) is 0 Å². The Morgan fingerprint density at radius 2 is 1.65 bits per heavy atom. The maximum Gasteiger partial charge on any atom is 0.427 e. The van der Waals surface area contributed by atoms with E-state index in [-0.39, 0.29) is 13.1 Å². The minimum Gasteiger partial charge on any atom is -0.434 e. The van der Waals surface area contributed by atoms with Crippen molar-refractivity contribution in [1.29, 1.82) is 0 Å². The van der Waals surface area contributed by atoms with E-state index in [1.54, 1.807) is 0 Å². The van der Waals surface area contributed by atoms with Gasteiger partial charge in [0.15, 0.2) is 5.79 Å². The van der Waals surface area contributed by atoms with Gasteiger partial charge < -0.3 is 19.1 Å². The number of carbonyl (C=O) groups excluding carboxylic acids is 1. The summed E-state index contributed by atoms with van der Waals surface area (Å²) in [4.78, 5) is 13.0. The van der Waals surface area contributed by atoms with Gasteiger partial charge in [-0.2, -0.15) is 13.2 Å². The van der Waals surface area contributed by atoms with E-state index in [2.05, 4.69) is 4.74 Å². The first kappa shape index (κ1) is 15.4. The minimum atomic E-state index is -4.60. The smallest absolute Gasteiger partial charge is 0.427 e. The fourth-order valence-electron chi connectivity index (χ4n) is 2.16. The van der Waals surface area contributed by atoms with Crippen molar-refractivity contribution < 1.29 is 32.2 Å². The average Bonchev–Trinajstić information content (AvgIpc) is 2.76. The number of likely N-dealkylation sites (tertiary alicyclic amines) is 1. The number of hydrogen-bond acceptors (Lipinski definition) is 4. The lowest BCUT2D eigenvalue weighted by Gasteiger charge is -2.38. The van der Waals surface area contributed by atoms with E-state index in [1.165, 1.54) is 4.90 Å². The molecule has 2 rings (SSSR count). The van der Waals surface area contributed by atoms with Gasteiger partial charge in [-0.15, -0.1) is 0 Å². The van der Waals surface area contributed by atoms with Crippen LogP contribution in [0.4, 0.5) is 18.0 Å². The van der Waals surface area contributed by atoms with Gasteiger partial charge >= 0.3 is 12.3 Å². The number of hydrogen-bond donors (Lipinski definition) is 0. The highest BCUT2D eigenvalue weighted by Gasteiger charge is 2.52. The van der Waals surface area contributed by atoms with Crippen LogP contribution in [0.3, 0.4) is 0 Å². The van der Waals surface area contributed by atoms with Gasteiger partial charge in [-0.1, -0.05) is 0 Å². The summed E-state index contributed by atoms with van der Waals surface area (Å²) in [6.45, 7) is 3.19. The molecular weight excluding hydrogens is 279 g/mol. The van der Waals surface area contributed by atoms with Crippen LogP contribution >= 0.6 is 0 Å². The zero-order valence-corrected chi connectivity index (χ0v) is 11.5. The third kappa shape index (κ3) is 3.01. The maximum atomic E-state index is 12.7. The number of alkyl halides is 3. The second-order valence-electron chi connectivity index (χ2n) is 5.47. The highest BCUT2D eigenvalue weighted by molar-refractivity contribution is 5.68. The first-order chi connectivity index (χ1) is 9.15. The van der Waals surface area contributed by atoms with Gasteiger partial charge in [-0.05, 0) is 13.8 Å². The first-order valence-corrected chi connectivity index (χ1v) is 6.48. The molecule has 5 nitrogen and oxygen atoms in total. The summed E-state index contributed by atoms with van der Waals surface area (Å²) < 4.78 is 53.5. The third-order valence-electron chi connectivity index (χ3n) is 3.62. The summed E-state index contributed by atoms with van der Waals surface area (Å²) in [5.74, 6) is -0.670. The van der Waals surface area contributed by atoms with E-state index >= 15 is 0 Å². The second-order valence-corrected chi connectivity index (χ2v) is 5.47. The lowest BCUT2D eigenvalue weighted by molar-refractivity contribution is -0.247. The van der Waals surface area contributed by atoms with Gasteiger partial charge in [-0.25, -0.2) is 4.79 Å². The van der Waals surface area contributed by atoms with Crippen LogP contribution in [0.15, 0.2) is 0 Å². The Hall–Kier alpha value is -1.02. The lowest BCUT2D eigenvalue weighted by Crippen LogP contribution is -2.51. The van der Waals surface area contributed by atoms with Gasteiger partial charge in [0, 0.05) is 25.9 Å². The largest absolute Gasteiger partial charge is 0.434 e. The van der Waals surface area contributed by atoms with Crippen LogP contribution < -0.4 is 0 Å². The van der Waals surface area contributed by atoms with Gasteiger partial charge in [0.25, 0.3) is 0 Å². The van der Waals surface area contributed by atoms with Crippen LogP contribution in [0.5, 0.6) is 0 Å². The van der Waals surface area contributed by atoms with Crippen LogP contribution in [-0.2, 0) is 14.2 Å². The quantitative estimate of drug-likeness (QED) is 0.745. The van der Waals surface area contributed by atoms with Crippen LogP contribution in [0.25, 0.3) is 0 Å². The Bertz CT molecular complexity index is 367. The molecule has 0 unspecified atom stereocenters. The molecule has 1 spiro atoms. The number of halogens is 3. The summed E-state index contributed by atoms with van der Waals surface area (Å²) >= 11 is 0. The van der Waals surface area contributed by atoms with Crippen molar-refractivity contribution in [3.8, 4) is 0 Å². The molecule has 116 valence electrons. The summed E-state index contributed by atoms with van der Waals surface area (Å²) in [5.41, 5.74) is -2.50. The topological polar surface area (TPSA) is 48.0 Å². The fourth-order valence-corrected chi connectivity index (χ4v) is 2.16. The van der Waals surface area contributed by atoms with E-state index in [1.807, 2.05) is 0 Å². The molecule has 1 amide bonds. The van der Waals surface area contributed by atoms with Crippen molar-refractivity contribution in [2.24, 2.45) is 0 Å². The Labute approximate surface area is 115 Å². The molecule has 2 saturated heterocycles. The maximum absolute atomic E-state index is 12.7. The van der Waals surface area contributed by atoms with E-state index in [9.17, 15) is 18.0 Å². The normalized spacial score (nSPS) is 23.1. The molecule has 8 heteroatoms. The van der Waals surface area contributed by atoms with Crippen LogP contribution in [0.1, 0.15) is 26.7 Å². The van der Waals surface area contributed by atoms with Gasteiger partial charge in [0.1, 0.15) is 0 Å². The van der Waals surface area contributed by atoms with E-state index in [4.69, 9.17) is 9.47 Å². The molecule has 0 saturated carbocycles. The second kappa shape index (κ2) is 5.07. The first-order valence-electron chi connectivity index (χ1n) is 6.48. The Balaban J connectivity index is 1.89. The number of piperidine rings is 1. The molecule has 0 N–H and O–H groups in total. The molecular formula is C12H18F3NO4. The summed E-state index contributed by atoms with van der Waals surface area (Å²) in [6.07, 6.45) is -4.68. The number of amides is 1. The number of nitrogens with zero attached hydrogens (tertiary/aromatic N) is 1. The van der Waals surface area contributed by atoms with Gasteiger partial charge in [0.05, 0.1) is 13.2 Å². The molecule has 2 aliphatic rings. The molecule has 0 radical (unpaired) electrons. The highest BCUT2D eigenvalue weighted by atomic mass is 19.4. The highest BCUT2D eigenvalue weighted by Crippen LogP contribution is 2.35. The number of ether oxygens (including phenoxy) is 3. The van der Waals surface area contributed by atoms with Crippen LogP contribution in [0.2, 0.25) is 0 Å². The summed E-state index contributed by atoms with van der Waals surface area (Å²) in [5, 5.41) is 0. The van der Waals surface area contributed by atoms with E-state index < -0.39 is 23.7 Å². The predicted octanol–water partition coefficient (Wildman–Crippen LogP) is 2.30. The molecule has 0 aliphatic carbocycles. The summed E-state index contributed by atoms with van der Waals surface area (Å²) in [6, 6.07) is 0. The monoisotopic (exact) mass is 297 g/mol. The molecule has 20 heavy (non-hydrogen) atoms. The van der Waals surface area contributed by atoms with Crippen molar-refractivity contribution in [3.63, 3.8) is 0 Å². The summed E-state index contributed by atoms with van der Waals surface area (Å²) in [7, 11) is 0. The Morgan fingerprint density at radius 3 is 2.10 bits per heavy atom. The number of carbonyl (C=O) groups is 1. The minimum absolute atomic E-state index is 0.257. The molecule has 0 aromatic heterocycles. The number of rotatable bonds is 1. The van der Waals surface area contributed by atoms with Crippen molar-refractivity contribution in [2.75, 3.05) is 26.3 Å². The molecule has 2 aliphatic heterocycles. The van der Waals surface area contributed by atoms with Crippen molar-refractivity contribution in [3.05, 3.63) is 0 Å². The third-order valence-corrected chi connectivity index (χ3v) is 3.62. The SMILES string of the molecule is CC(C)(OC(=O)N1CCC2(CC1)OCCO2)C(F)(F)F. The Kier molecular flexibility index (Phi) is 3.90. The Morgan fingerprint density at radius 1 is 1.15 bits per heavy atom. The van der Waals surface area contributed by atoms with E-state index in [0.717, 1.165) is 13.8 Å². The molecule has 2 fully saturated rings. The van der Waals surface area contributed by atoms with Crippen molar-refractivity contribution in [1.82, 2.24) is 4.90 Å². The predicted molar refractivity (Wildman–Crippen MR) is 62.1 cm³/mol. The van der Waals surface area contributed by atoms with E-state index in [0.29, 0.717) is 26.1 Å². The van der Waals surface area contributed by atoms with Gasteiger partial charge in [0.2, 0.25) is 5.60 Å². The van der Waals surface area contributed by atoms with Crippen molar-refractivity contribution in [2.45, 2.75) is 44.3 Å². The zero-order valence-electron chi connectivity index (χ0n) is 11.5. The molecule has 2 heterocycles. The van der Waals surface area contributed by atoms with Crippen molar-refractivity contribution >= 4 is 6.09 Å². The molecule has 0 bridgehead atoms. The lowest BCUT2D eigenvalue weighted by atomic mass is 10.0. The molecule has 0 atom stereocenters. The molecule has 0 aromatic rings. The fraction of sp³-hybridized carbons (Fsp3) is 0.917. The van der Waals surface area contributed by atoms with Gasteiger partial charge in [-0.3, -0.25) is 0 Å². The average molecular weight is 297 g/mol. The zero-order chi connectivity index (χ0) is 15.0.